The van der Waals surface area contributed by atoms with Gasteiger partial charge in [-0.05, 0) is 19.1 Å². The van der Waals surface area contributed by atoms with Gasteiger partial charge in [-0.1, -0.05) is 5.16 Å². The summed E-state index contributed by atoms with van der Waals surface area (Å²) in [6.45, 7) is 1.72. The van der Waals surface area contributed by atoms with Crippen LogP contribution in [0.25, 0.3) is 0 Å². The van der Waals surface area contributed by atoms with E-state index < -0.39 is 10.9 Å². The number of carbonyl (C=O) groups is 1. The number of hydrogen-bond acceptors (Lipinski definition) is 6. The molecule has 0 N–H and O–H groups in total. The summed E-state index contributed by atoms with van der Waals surface area (Å²) in [6.07, 6.45) is 0. The Hall–Kier alpha value is -2.70. The number of carbonyl (C=O) groups excluding carboxylic acids is 1. The average Bonchev–Trinajstić information content (AvgIpc) is 2.82. The number of nitro benzene ring substituents is 1. The Balaban J connectivity index is 1.98. The molecule has 1 aromatic heterocycles. The monoisotopic (exact) mass is 262 g/mol. The Kier molecular flexibility index (Phi) is 3.56. The lowest BCUT2D eigenvalue weighted by Gasteiger charge is -2.01. The smallest absolute Gasteiger partial charge is 0.338 e. The minimum absolute atomic E-state index is 0.00678. The van der Waals surface area contributed by atoms with Crippen molar-refractivity contribution in [2.24, 2.45) is 0 Å². The topological polar surface area (TPSA) is 95.5 Å². The predicted octanol–water partition coefficient (Wildman–Crippen LogP) is 2.25. The van der Waals surface area contributed by atoms with E-state index in [1.165, 1.54) is 24.3 Å². The van der Waals surface area contributed by atoms with Gasteiger partial charge in [0.1, 0.15) is 18.1 Å². The fourth-order valence-electron chi connectivity index (χ4n) is 1.43. The van der Waals surface area contributed by atoms with Crippen molar-refractivity contribution < 1.29 is 19.0 Å². The lowest BCUT2D eigenvalue weighted by atomic mass is 10.2. The number of aromatic nitrogens is 1. The molecule has 2 rings (SSSR count). The molecule has 19 heavy (non-hydrogen) atoms. The summed E-state index contributed by atoms with van der Waals surface area (Å²) in [5.74, 6) is 0.0527. The first kappa shape index (κ1) is 12.7. The Morgan fingerprint density at radius 1 is 1.42 bits per heavy atom. The van der Waals surface area contributed by atoms with Gasteiger partial charge in [-0.25, -0.2) is 4.79 Å². The van der Waals surface area contributed by atoms with Gasteiger partial charge in [-0.2, -0.15) is 0 Å². The third-order valence-corrected chi connectivity index (χ3v) is 2.34. The number of hydrogen-bond donors (Lipinski definition) is 0. The molecule has 0 aliphatic rings. The van der Waals surface area contributed by atoms with E-state index in [1.54, 1.807) is 13.0 Å². The molecule has 0 amide bonds. The Morgan fingerprint density at radius 2 is 2.11 bits per heavy atom. The number of esters is 1. The third kappa shape index (κ3) is 3.15. The van der Waals surface area contributed by atoms with Crippen molar-refractivity contribution in [1.82, 2.24) is 5.16 Å². The number of benzene rings is 1. The van der Waals surface area contributed by atoms with Crippen LogP contribution in [0, 0.1) is 17.0 Å². The minimum atomic E-state index is -0.574. The maximum Gasteiger partial charge on any atom is 0.338 e. The normalized spacial score (nSPS) is 10.2. The molecule has 7 heteroatoms. The number of ether oxygens (including phenoxy) is 1. The summed E-state index contributed by atoms with van der Waals surface area (Å²) in [7, 11) is 0. The highest BCUT2D eigenvalue weighted by Crippen LogP contribution is 2.13. The minimum Gasteiger partial charge on any atom is -0.455 e. The summed E-state index contributed by atoms with van der Waals surface area (Å²) < 4.78 is 9.82. The molecule has 0 unspecified atom stereocenters. The second-order valence-corrected chi connectivity index (χ2v) is 3.81. The quantitative estimate of drug-likeness (QED) is 0.476. The number of nitrogens with zero attached hydrogens (tertiary/aromatic N) is 2. The van der Waals surface area contributed by atoms with Gasteiger partial charge >= 0.3 is 5.97 Å². The van der Waals surface area contributed by atoms with Gasteiger partial charge < -0.3 is 9.26 Å². The molecule has 0 bridgehead atoms. The van der Waals surface area contributed by atoms with E-state index in [0.717, 1.165) is 0 Å². The lowest BCUT2D eigenvalue weighted by molar-refractivity contribution is -0.384. The van der Waals surface area contributed by atoms with Crippen molar-refractivity contribution in [3.8, 4) is 0 Å². The molecule has 1 aromatic carbocycles. The summed E-state index contributed by atoms with van der Waals surface area (Å²) in [5, 5.41) is 14.1. The molecule has 0 aliphatic heterocycles. The fraction of sp³-hybridized carbons (Fsp3) is 0.167. The molecule has 0 saturated heterocycles. The van der Waals surface area contributed by atoms with Crippen LogP contribution in [0.2, 0.25) is 0 Å². The van der Waals surface area contributed by atoms with Crippen molar-refractivity contribution in [2.75, 3.05) is 0 Å². The SMILES string of the molecule is Cc1cc(COC(=O)c2ccc([N+](=O)[O-])cc2)no1. The second-order valence-electron chi connectivity index (χ2n) is 3.81. The predicted molar refractivity (Wildman–Crippen MR) is 63.5 cm³/mol. The van der Waals surface area contributed by atoms with Crippen LogP contribution in [0.1, 0.15) is 21.8 Å². The summed E-state index contributed by atoms with van der Waals surface area (Å²) in [4.78, 5) is 21.6. The number of non-ortho nitro benzene ring substituents is 1. The molecule has 7 nitrogen and oxygen atoms in total. The molecule has 0 radical (unpaired) electrons. The van der Waals surface area contributed by atoms with Gasteiger partial charge in [0, 0.05) is 18.2 Å². The lowest BCUT2D eigenvalue weighted by Crippen LogP contribution is -2.05. The van der Waals surface area contributed by atoms with Gasteiger partial charge in [0.2, 0.25) is 0 Å². The zero-order chi connectivity index (χ0) is 13.8. The summed E-state index contributed by atoms with van der Waals surface area (Å²) in [5.41, 5.74) is 0.669. The molecule has 0 fully saturated rings. The van der Waals surface area contributed by atoms with Crippen LogP contribution in [-0.2, 0) is 11.3 Å². The van der Waals surface area contributed by atoms with Gasteiger partial charge in [0.15, 0.2) is 0 Å². The average molecular weight is 262 g/mol. The van der Waals surface area contributed by atoms with Gasteiger partial charge in [-0.15, -0.1) is 0 Å². The summed E-state index contributed by atoms with van der Waals surface area (Å²) in [6, 6.07) is 6.83. The van der Waals surface area contributed by atoms with Crippen LogP contribution in [0.4, 0.5) is 5.69 Å². The first-order valence-corrected chi connectivity index (χ1v) is 5.40. The molecule has 0 atom stereocenters. The molecular weight excluding hydrogens is 252 g/mol. The Labute approximate surface area is 107 Å². The van der Waals surface area contributed by atoms with Crippen molar-refractivity contribution in [3.05, 3.63) is 57.5 Å². The molecule has 2 aromatic rings. The first-order valence-electron chi connectivity index (χ1n) is 5.40. The maximum atomic E-state index is 11.7. The first-order chi connectivity index (χ1) is 9.06. The van der Waals surface area contributed by atoms with Crippen LogP contribution in [0.3, 0.4) is 0 Å². The largest absolute Gasteiger partial charge is 0.455 e. The van der Waals surface area contributed by atoms with Crippen LogP contribution < -0.4 is 0 Å². The highest BCUT2D eigenvalue weighted by atomic mass is 16.6. The molecule has 0 saturated carbocycles. The van der Waals surface area contributed by atoms with Crippen molar-refractivity contribution in [1.29, 1.82) is 0 Å². The molecule has 0 spiro atoms. The van der Waals surface area contributed by atoms with E-state index in [2.05, 4.69) is 5.16 Å². The van der Waals surface area contributed by atoms with E-state index in [4.69, 9.17) is 9.26 Å². The Bertz CT molecular complexity index is 603. The van der Waals surface area contributed by atoms with Crippen molar-refractivity contribution >= 4 is 11.7 Å². The fourth-order valence-corrected chi connectivity index (χ4v) is 1.43. The standard InChI is InChI=1S/C12H10N2O5/c1-8-6-10(13-19-8)7-18-12(15)9-2-4-11(5-3-9)14(16)17/h2-6H,7H2,1H3. The molecular formula is C12H10N2O5. The van der Waals surface area contributed by atoms with E-state index >= 15 is 0 Å². The zero-order valence-corrected chi connectivity index (χ0v) is 10.0. The molecule has 1 heterocycles. The van der Waals surface area contributed by atoms with E-state index in [0.29, 0.717) is 11.5 Å². The van der Waals surface area contributed by atoms with E-state index in [1.807, 2.05) is 0 Å². The highest BCUT2D eigenvalue weighted by molar-refractivity contribution is 5.89. The maximum absolute atomic E-state index is 11.7. The van der Waals surface area contributed by atoms with Crippen LogP contribution >= 0.6 is 0 Å². The van der Waals surface area contributed by atoms with Gasteiger partial charge in [0.05, 0.1) is 10.5 Å². The van der Waals surface area contributed by atoms with Crippen LogP contribution in [0.15, 0.2) is 34.9 Å². The third-order valence-electron chi connectivity index (χ3n) is 2.34. The number of rotatable bonds is 4. The number of aryl methyl sites for hydroxylation is 1. The van der Waals surface area contributed by atoms with E-state index in [9.17, 15) is 14.9 Å². The van der Waals surface area contributed by atoms with Crippen molar-refractivity contribution in [2.45, 2.75) is 13.5 Å². The highest BCUT2D eigenvalue weighted by Gasteiger charge is 2.11. The van der Waals surface area contributed by atoms with Crippen molar-refractivity contribution in [3.63, 3.8) is 0 Å². The van der Waals surface area contributed by atoms with E-state index in [-0.39, 0.29) is 17.9 Å². The zero-order valence-electron chi connectivity index (χ0n) is 10.0. The summed E-state index contributed by atoms with van der Waals surface area (Å²) >= 11 is 0. The number of nitro groups is 1. The molecule has 0 aliphatic carbocycles. The second kappa shape index (κ2) is 5.30. The van der Waals surface area contributed by atoms with Crippen LogP contribution in [-0.4, -0.2) is 16.0 Å². The molecule has 98 valence electrons. The van der Waals surface area contributed by atoms with Crippen LogP contribution in [0.5, 0.6) is 0 Å². The van der Waals surface area contributed by atoms with Gasteiger partial charge in [0.25, 0.3) is 5.69 Å². The Morgan fingerprint density at radius 3 is 2.63 bits per heavy atom. The van der Waals surface area contributed by atoms with Gasteiger partial charge in [-0.3, -0.25) is 10.1 Å².